The van der Waals surface area contributed by atoms with Crippen molar-refractivity contribution in [2.24, 2.45) is 0 Å². The van der Waals surface area contributed by atoms with Crippen molar-refractivity contribution in [2.45, 2.75) is 156 Å². The number of hydrogen-bond donors (Lipinski definition) is 1. The summed E-state index contributed by atoms with van der Waals surface area (Å²) in [6.07, 6.45) is 29.2. The monoisotopic (exact) mass is 370 g/mol. The van der Waals surface area contributed by atoms with Gasteiger partial charge in [0.25, 0.3) is 0 Å². The maximum absolute atomic E-state index is 8.67. The van der Waals surface area contributed by atoms with Crippen LogP contribution in [0.15, 0.2) is 0 Å². The Morgan fingerprint density at radius 3 is 0.731 bits per heavy atom. The van der Waals surface area contributed by atoms with Gasteiger partial charge in [0.15, 0.2) is 0 Å². The molecule has 0 spiro atoms. The number of hydrogen-bond acceptors (Lipinski definition) is 1. The topological polar surface area (TPSA) is 20.2 Å². The predicted molar refractivity (Wildman–Crippen MR) is 121 cm³/mol. The van der Waals surface area contributed by atoms with Crippen LogP contribution in [0.4, 0.5) is 0 Å². The highest BCUT2D eigenvalue weighted by molar-refractivity contribution is 4.49. The molecule has 0 bridgehead atoms. The van der Waals surface area contributed by atoms with Crippen LogP contribution in [-0.4, -0.2) is 11.7 Å². The first-order valence-corrected chi connectivity index (χ1v) is 12.4. The zero-order chi connectivity index (χ0) is 19.6. The Balaban J connectivity index is 0. The maximum atomic E-state index is 8.67. The molecule has 0 aliphatic carbocycles. The van der Waals surface area contributed by atoms with Crippen molar-refractivity contribution in [1.82, 2.24) is 0 Å². The molecule has 0 aliphatic rings. The summed E-state index contributed by atoms with van der Waals surface area (Å²) < 4.78 is 0. The van der Waals surface area contributed by atoms with Crippen LogP contribution in [0.1, 0.15) is 156 Å². The van der Waals surface area contributed by atoms with Gasteiger partial charge in [-0.05, 0) is 6.42 Å². The molecule has 0 aliphatic heterocycles. The first kappa shape index (κ1) is 28.2. The van der Waals surface area contributed by atoms with Crippen molar-refractivity contribution in [3.8, 4) is 0 Å². The molecule has 160 valence electrons. The first-order chi connectivity index (χ1) is 12.8. The molecular weight excluding hydrogens is 316 g/mol. The molecule has 1 N–H and O–H groups in total. The Kier molecular flexibility index (Phi) is 32.2. The standard InChI is InChI=1S/C18H38O.C7H16/c1-2-3-4-5-6-7-8-9-10-11-12-13-14-15-16-17-18-19;1-3-5-7-6-4-2/h19H,2-18H2,1H3;3-7H2,1-2H3. The van der Waals surface area contributed by atoms with Gasteiger partial charge in [-0.1, -0.05) is 149 Å². The molecule has 0 saturated heterocycles. The van der Waals surface area contributed by atoms with Crippen LogP contribution in [0, 0.1) is 0 Å². The highest BCUT2D eigenvalue weighted by atomic mass is 16.2. The minimum Gasteiger partial charge on any atom is -0.396 e. The van der Waals surface area contributed by atoms with E-state index in [1.807, 2.05) is 0 Å². The fraction of sp³-hybridized carbons (Fsp3) is 1.00. The van der Waals surface area contributed by atoms with Gasteiger partial charge in [-0.15, -0.1) is 0 Å². The van der Waals surface area contributed by atoms with E-state index in [2.05, 4.69) is 20.8 Å². The second-order valence-corrected chi connectivity index (χ2v) is 8.09. The fourth-order valence-electron chi connectivity index (χ4n) is 3.34. The van der Waals surface area contributed by atoms with Gasteiger partial charge in [0.05, 0.1) is 0 Å². The summed E-state index contributed by atoms with van der Waals surface area (Å²) in [4.78, 5) is 0. The average molecular weight is 371 g/mol. The van der Waals surface area contributed by atoms with Crippen molar-refractivity contribution in [2.75, 3.05) is 6.61 Å². The molecule has 0 heterocycles. The zero-order valence-corrected chi connectivity index (χ0v) is 19.0. The van der Waals surface area contributed by atoms with E-state index >= 15 is 0 Å². The van der Waals surface area contributed by atoms with Crippen LogP contribution in [0.3, 0.4) is 0 Å². The van der Waals surface area contributed by atoms with Crippen molar-refractivity contribution in [3.63, 3.8) is 0 Å². The second kappa shape index (κ2) is 29.7. The third kappa shape index (κ3) is 31.7. The maximum Gasteiger partial charge on any atom is 0.0431 e. The van der Waals surface area contributed by atoms with Crippen LogP contribution in [0.5, 0.6) is 0 Å². The largest absolute Gasteiger partial charge is 0.396 e. The van der Waals surface area contributed by atoms with E-state index in [0.717, 1.165) is 6.42 Å². The van der Waals surface area contributed by atoms with Crippen LogP contribution >= 0.6 is 0 Å². The van der Waals surface area contributed by atoms with Crippen LogP contribution in [-0.2, 0) is 0 Å². The first-order valence-electron chi connectivity index (χ1n) is 12.4. The van der Waals surface area contributed by atoms with Crippen molar-refractivity contribution in [3.05, 3.63) is 0 Å². The summed E-state index contributed by atoms with van der Waals surface area (Å²) in [5.74, 6) is 0. The van der Waals surface area contributed by atoms with Gasteiger partial charge in [-0.25, -0.2) is 0 Å². The molecule has 0 atom stereocenters. The third-order valence-electron chi connectivity index (χ3n) is 5.22. The molecule has 0 radical (unpaired) electrons. The van der Waals surface area contributed by atoms with E-state index < -0.39 is 0 Å². The number of aliphatic hydroxyl groups excluding tert-OH is 1. The molecule has 0 aromatic rings. The van der Waals surface area contributed by atoms with E-state index in [4.69, 9.17) is 5.11 Å². The van der Waals surface area contributed by atoms with Gasteiger partial charge < -0.3 is 5.11 Å². The van der Waals surface area contributed by atoms with Crippen LogP contribution in [0.2, 0.25) is 0 Å². The van der Waals surface area contributed by atoms with Crippen molar-refractivity contribution >= 4 is 0 Å². The SMILES string of the molecule is CCCCCCC.CCCCCCCCCCCCCCCCCCO. The Hall–Kier alpha value is -0.0400. The molecule has 26 heavy (non-hydrogen) atoms. The Morgan fingerprint density at radius 2 is 0.500 bits per heavy atom. The van der Waals surface area contributed by atoms with E-state index in [1.165, 1.54) is 128 Å². The lowest BCUT2D eigenvalue weighted by Crippen LogP contribution is -1.85. The quantitative estimate of drug-likeness (QED) is 0.212. The van der Waals surface area contributed by atoms with Gasteiger partial charge in [0.1, 0.15) is 0 Å². The Morgan fingerprint density at radius 1 is 0.308 bits per heavy atom. The van der Waals surface area contributed by atoms with E-state index in [-0.39, 0.29) is 0 Å². The Bertz CT molecular complexity index is 182. The summed E-state index contributed by atoms with van der Waals surface area (Å²) in [5, 5.41) is 8.67. The van der Waals surface area contributed by atoms with Crippen LogP contribution < -0.4 is 0 Å². The number of rotatable bonds is 20. The Labute approximate surface area is 167 Å². The molecule has 0 rings (SSSR count). The average Bonchev–Trinajstić information content (AvgIpc) is 2.66. The molecule has 0 unspecified atom stereocenters. The van der Waals surface area contributed by atoms with E-state index in [9.17, 15) is 0 Å². The molecule has 0 aromatic heterocycles. The lowest BCUT2D eigenvalue weighted by Gasteiger charge is -2.03. The second-order valence-electron chi connectivity index (χ2n) is 8.09. The molecule has 0 aromatic carbocycles. The molecule has 1 heteroatoms. The normalized spacial score (nSPS) is 10.6. The minimum atomic E-state index is 0.373. The van der Waals surface area contributed by atoms with E-state index in [1.54, 1.807) is 0 Å². The van der Waals surface area contributed by atoms with Gasteiger partial charge >= 0.3 is 0 Å². The smallest absolute Gasteiger partial charge is 0.0431 e. The summed E-state index contributed by atoms with van der Waals surface area (Å²) >= 11 is 0. The predicted octanol–water partition coefficient (Wildman–Crippen LogP) is 9.22. The third-order valence-corrected chi connectivity index (χ3v) is 5.22. The van der Waals surface area contributed by atoms with Crippen molar-refractivity contribution < 1.29 is 5.11 Å². The molecule has 0 saturated carbocycles. The lowest BCUT2D eigenvalue weighted by molar-refractivity contribution is 0.282. The lowest BCUT2D eigenvalue weighted by atomic mass is 10.0. The summed E-state index contributed by atoms with van der Waals surface area (Å²) in [7, 11) is 0. The number of unbranched alkanes of at least 4 members (excludes halogenated alkanes) is 19. The summed E-state index contributed by atoms with van der Waals surface area (Å²) in [5.41, 5.74) is 0. The highest BCUT2D eigenvalue weighted by Crippen LogP contribution is 2.13. The van der Waals surface area contributed by atoms with Gasteiger partial charge in [-0.2, -0.15) is 0 Å². The summed E-state index contributed by atoms with van der Waals surface area (Å²) in [6, 6.07) is 0. The van der Waals surface area contributed by atoms with Gasteiger partial charge in [-0.3, -0.25) is 0 Å². The highest BCUT2D eigenvalue weighted by Gasteiger charge is 1.94. The fourth-order valence-corrected chi connectivity index (χ4v) is 3.34. The molecule has 1 nitrogen and oxygen atoms in total. The van der Waals surface area contributed by atoms with Crippen molar-refractivity contribution in [1.29, 1.82) is 0 Å². The zero-order valence-electron chi connectivity index (χ0n) is 19.0. The summed E-state index contributed by atoms with van der Waals surface area (Å²) in [6.45, 7) is 7.15. The molecule has 0 amide bonds. The number of aliphatic hydroxyl groups is 1. The van der Waals surface area contributed by atoms with Gasteiger partial charge in [0.2, 0.25) is 0 Å². The van der Waals surface area contributed by atoms with Gasteiger partial charge in [0, 0.05) is 6.61 Å². The molecular formula is C25H54O. The molecule has 0 fully saturated rings. The van der Waals surface area contributed by atoms with Crippen LogP contribution in [0.25, 0.3) is 0 Å². The van der Waals surface area contributed by atoms with E-state index in [0.29, 0.717) is 6.61 Å². The minimum absolute atomic E-state index is 0.373.